The molecule has 0 radical (unpaired) electrons. The second kappa shape index (κ2) is 13.9. The SMILES string of the molecule is COC(=O)CCCCC/C=C1\C(=O)C(Sc2ccccc2)=CC1(O)CCCCOc1ccccc1. The Labute approximate surface area is 212 Å². The van der Waals surface area contributed by atoms with E-state index >= 15 is 0 Å². The number of carbonyl (C=O) groups is 2. The molecule has 1 aliphatic carbocycles. The Hall–Kier alpha value is -2.83. The van der Waals surface area contributed by atoms with Crippen LogP contribution in [0.3, 0.4) is 0 Å². The van der Waals surface area contributed by atoms with Gasteiger partial charge in [0.1, 0.15) is 11.4 Å². The van der Waals surface area contributed by atoms with Crippen LogP contribution in [-0.2, 0) is 14.3 Å². The number of unbranched alkanes of at least 4 members (excludes halogenated alkanes) is 4. The number of methoxy groups -OCH3 is 1. The second-order valence-electron chi connectivity index (χ2n) is 8.59. The molecule has 0 bridgehead atoms. The van der Waals surface area contributed by atoms with Gasteiger partial charge in [-0.2, -0.15) is 0 Å². The lowest BCUT2D eigenvalue weighted by atomic mass is 9.90. The Bertz CT molecular complexity index is 1020. The number of aliphatic hydroxyl groups is 1. The van der Waals surface area contributed by atoms with E-state index in [9.17, 15) is 14.7 Å². The predicted octanol–water partition coefficient (Wildman–Crippen LogP) is 6.28. The second-order valence-corrected chi connectivity index (χ2v) is 9.70. The third-order valence-electron chi connectivity index (χ3n) is 5.90. The molecule has 2 aromatic rings. The van der Waals surface area contributed by atoms with Gasteiger partial charge < -0.3 is 14.6 Å². The van der Waals surface area contributed by atoms with Gasteiger partial charge in [0.25, 0.3) is 0 Å². The van der Waals surface area contributed by atoms with Crippen molar-refractivity contribution in [2.45, 2.75) is 61.9 Å². The third-order valence-corrected chi connectivity index (χ3v) is 6.93. The van der Waals surface area contributed by atoms with Crippen molar-refractivity contribution in [2.24, 2.45) is 0 Å². The normalized spacial score (nSPS) is 18.5. The van der Waals surface area contributed by atoms with E-state index in [2.05, 4.69) is 4.74 Å². The van der Waals surface area contributed by atoms with Gasteiger partial charge >= 0.3 is 5.97 Å². The molecule has 186 valence electrons. The number of esters is 1. The van der Waals surface area contributed by atoms with Crippen LogP contribution in [0.25, 0.3) is 0 Å². The molecule has 0 saturated carbocycles. The van der Waals surface area contributed by atoms with E-state index < -0.39 is 5.60 Å². The van der Waals surface area contributed by atoms with E-state index in [1.165, 1.54) is 18.9 Å². The Morgan fingerprint density at radius 3 is 2.40 bits per heavy atom. The van der Waals surface area contributed by atoms with Crippen molar-refractivity contribution in [1.82, 2.24) is 0 Å². The monoisotopic (exact) mass is 494 g/mol. The molecule has 0 saturated heterocycles. The molecular weight excluding hydrogens is 460 g/mol. The zero-order chi connectivity index (χ0) is 24.9. The average Bonchev–Trinajstić information content (AvgIpc) is 3.11. The highest BCUT2D eigenvalue weighted by molar-refractivity contribution is 8.04. The van der Waals surface area contributed by atoms with Gasteiger partial charge in [-0.15, -0.1) is 0 Å². The number of allylic oxidation sites excluding steroid dienone is 2. The minimum Gasteiger partial charge on any atom is -0.494 e. The molecule has 0 fully saturated rings. The van der Waals surface area contributed by atoms with E-state index in [1.807, 2.05) is 66.7 Å². The van der Waals surface area contributed by atoms with Crippen LogP contribution in [0.15, 0.2) is 88.2 Å². The van der Waals surface area contributed by atoms with Gasteiger partial charge in [0.05, 0.1) is 18.6 Å². The molecule has 0 heterocycles. The summed E-state index contributed by atoms with van der Waals surface area (Å²) in [5.74, 6) is 0.527. The first-order valence-electron chi connectivity index (χ1n) is 12.2. The molecule has 35 heavy (non-hydrogen) atoms. The Balaban J connectivity index is 1.59. The lowest BCUT2D eigenvalue weighted by Gasteiger charge is -2.22. The Morgan fingerprint density at radius 1 is 0.971 bits per heavy atom. The number of para-hydroxylation sites is 1. The van der Waals surface area contributed by atoms with Crippen LogP contribution in [0, 0.1) is 0 Å². The molecule has 6 heteroatoms. The lowest BCUT2D eigenvalue weighted by Crippen LogP contribution is -2.28. The van der Waals surface area contributed by atoms with Crippen LogP contribution in [0.1, 0.15) is 51.4 Å². The number of carbonyl (C=O) groups excluding carboxylic acids is 2. The zero-order valence-corrected chi connectivity index (χ0v) is 21.1. The summed E-state index contributed by atoms with van der Waals surface area (Å²) < 4.78 is 10.4. The van der Waals surface area contributed by atoms with Crippen LogP contribution in [0.5, 0.6) is 5.75 Å². The van der Waals surface area contributed by atoms with Crippen molar-refractivity contribution in [3.8, 4) is 5.75 Å². The van der Waals surface area contributed by atoms with Gasteiger partial charge in [0.2, 0.25) is 0 Å². The van der Waals surface area contributed by atoms with E-state index in [1.54, 1.807) is 6.08 Å². The van der Waals surface area contributed by atoms with Crippen LogP contribution in [-0.4, -0.2) is 36.2 Å². The summed E-state index contributed by atoms with van der Waals surface area (Å²) in [5, 5.41) is 11.5. The number of Topliss-reactive ketones (excluding diaryl/α,β-unsaturated/α-hetero) is 1. The van der Waals surface area contributed by atoms with Crippen molar-refractivity contribution in [3.63, 3.8) is 0 Å². The first-order valence-corrected chi connectivity index (χ1v) is 13.0. The number of hydrogen-bond acceptors (Lipinski definition) is 6. The highest BCUT2D eigenvalue weighted by atomic mass is 32.2. The summed E-state index contributed by atoms with van der Waals surface area (Å²) in [6, 6.07) is 19.4. The van der Waals surface area contributed by atoms with Crippen LogP contribution in [0.4, 0.5) is 0 Å². The van der Waals surface area contributed by atoms with Gasteiger partial charge in [-0.05, 0) is 68.9 Å². The van der Waals surface area contributed by atoms with E-state index in [-0.39, 0.29) is 11.8 Å². The molecule has 3 rings (SSSR count). The fourth-order valence-electron chi connectivity index (χ4n) is 4.00. The molecule has 0 aromatic heterocycles. The summed E-state index contributed by atoms with van der Waals surface area (Å²) in [7, 11) is 1.39. The van der Waals surface area contributed by atoms with Gasteiger partial charge in [-0.1, -0.05) is 60.7 Å². The Kier molecular flexibility index (Phi) is 10.6. The number of ketones is 1. The maximum absolute atomic E-state index is 13.2. The maximum atomic E-state index is 13.2. The van der Waals surface area contributed by atoms with E-state index in [0.717, 1.165) is 42.7 Å². The summed E-state index contributed by atoms with van der Waals surface area (Å²) in [6.45, 7) is 0.558. The van der Waals surface area contributed by atoms with Crippen molar-refractivity contribution >= 4 is 23.5 Å². The molecule has 0 amide bonds. The Morgan fingerprint density at radius 2 is 1.69 bits per heavy atom. The van der Waals surface area contributed by atoms with Crippen LogP contribution in [0.2, 0.25) is 0 Å². The first kappa shape index (κ1) is 26.8. The molecule has 2 aromatic carbocycles. The maximum Gasteiger partial charge on any atom is 0.305 e. The summed E-state index contributed by atoms with van der Waals surface area (Å²) in [5.41, 5.74) is -0.805. The standard InChI is InChI=1S/C29H34O5S/c1-33-27(30)19-11-3-2-10-18-25-28(31)26(35-24-16-8-5-9-17-24)22-29(25,32)20-12-13-21-34-23-14-6-4-7-15-23/h4-9,14-18,22,32H,2-3,10-13,19-21H2,1H3/b25-18+. The quantitative estimate of drug-likeness (QED) is 0.189. The minimum absolute atomic E-state index is 0.101. The molecular formula is C29H34O5S. The van der Waals surface area contributed by atoms with Gasteiger partial charge in [-0.3, -0.25) is 9.59 Å². The van der Waals surface area contributed by atoms with E-state index in [0.29, 0.717) is 36.3 Å². The summed E-state index contributed by atoms with van der Waals surface area (Å²) >= 11 is 1.39. The predicted molar refractivity (Wildman–Crippen MR) is 139 cm³/mol. The first-order chi connectivity index (χ1) is 17.0. The molecule has 5 nitrogen and oxygen atoms in total. The highest BCUT2D eigenvalue weighted by Gasteiger charge is 2.41. The van der Waals surface area contributed by atoms with Crippen molar-refractivity contribution in [2.75, 3.05) is 13.7 Å². The zero-order valence-electron chi connectivity index (χ0n) is 20.3. The van der Waals surface area contributed by atoms with Crippen molar-refractivity contribution in [3.05, 3.63) is 83.3 Å². The van der Waals surface area contributed by atoms with Crippen LogP contribution < -0.4 is 4.74 Å². The highest BCUT2D eigenvalue weighted by Crippen LogP contribution is 2.42. The number of hydrogen-bond donors (Lipinski definition) is 1. The van der Waals surface area contributed by atoms with Crippen LogP contribution >= 0.6 is 11.8 Å². The smallest absolute Gasteiger partial charge is 0.305 e. The van der Waals surface area contributed by atoms with Crippen molar-refractivity contribution in [1.29, 1.82) is 0 Å². The minimum atomic E-state index is -1.27. The molecule has 0 spiro atoms. The van der Waals surface area contributed by atoms with Gasteiger partial charge in [-0.25, -0.2) is 0 Å². The number of ether oxygens (including phenoxy) is 2. The third kappa shape index (κ3) is 8.41. The molecule has 1 N–H and O–H groups in total. The number of benzene rings is 2. The fraction of sp³-hybridized carbons (Fsp3) is 0.379. The number of rotatable bonds is 14. The van der Waals surface area contributed by atoms with Gasteiger partial charge in [0.15, 0.2) is 5.78 Å². The van der Waals surface area contributed by atoms with Gasteiger partial charge in [0, 0.05) is 16.9 Å². The fourth-order valence-corrected chi connectivity index (χ4v) is 5.00. The molecule has 0 aliphatic heterocycles. The largest absolute Gasteiger partial charge is 0.494 e. The summed E-state index contributed by atoms with van der Waals surface area (Å²) in [4.78, 5) is 26.0. The molecule has 1 unspecified atom stereocenters. The lowest BCUT2D eigenvalue weighted by molar-refractivity contribution is -0.140. The van der Waals surface area contributed by atoms with Crippen molar-refractivity contribution < 1.29 is 24.2 Å². The molecule has 1 aliphatic rings. The summed E-state index contributed by atoms with van der Waals surface area (Å²) in [6.07, 6.45) is 9.13. The average molecular weight is 495 g/mol. The number of thioether (sulfide) groups is 1. The van der Waals surface area contributed by atoms with E-state index in [4.69, 9.17) is 4.74 Å². The topological polar surface area (TPSA) is 72.8 Å². The molecule has 1 atom stereocenters.